The molecule has 0 saturated carbocycles. The standard InChI is InChI=1S/C17H15ClO4/c1-7-4-9(22-3)5-10-8(2)14-15(17(21)13(7)10)11(19)6-12(20)16(14)18/h4-6,8,19-20H,1-3H3/t8-/m1/s1. The van der Waals surface area contributed by atoms with Crippen molar-refractivity contribution in [3.8, 4) is 17.2 Å². The predicted octanol–water partition coefficient (Wildman–Crippen LogP) is 3.76. The number of phenols is 2. The lowest BCUT2D eigenvalue weighted by atomic mass is 9.76. The number of fused-ring (bicyclic) bond motifs is 2. The number of hydrogen-bond donors (Lipinski definition) is 2. The monoisotopic (exact) mass is 318 g/mol. The Morgan fingerprint density at radius 2 is 1.82 bits per heavy atom. The smallest absolute Gasteiger partial charge is 0.197 e. The third kappa shape index (κ3) is 1.87. The van der Waals surface area contributed by atoms with Gasteiger partial charge in [-0.25, -0.2) is 0 Å². The zero-order valence-corrected chi connectivity index (χ0v) is 13.2. The third-order valence-electron chi connectivity index (χ3n) is 4.19. The van der Waals surface area contributed by atoms with Crippen LogP contribution in [0.4, 0.5) is 0 Å². The second kappa shape index (κ2) is 4.92. The molecule has 0 radical (unpaired) electrons. The molecule has 0 saturated heterocycles. The fourth-order valence-corrected chi connectivity index (χ4v) is 3.44. The predicted molar refractivity (Wildman–Crippen MR) is 83.5 cm³/mol. The third-order valence-corrected chi connectivity index (χ3v) is 4.59. The molecule has 2 aromatic rings. The van der Waals surface area contributed by atoms with E-state index in [0.29, 0.717) is 16.9 Å². The molecule has 1 atom stereocenters. The highest BCUT2D eigenvalue weighted by molar-refractivity contribution is 6.34. The first-order chi connectivity index (χ1) is 10.4. The highest BCUT2D eigenvalue weighted by Gasteiger charge is 2.35. The zero-order chi connectivity index (χ0) is 16.2. The lowest BCUT2D eigenvalue weighted by molar-refractivity contribution is 0.103. The summed E-state index contributed by atoms with van der Waals surface area (Å²) >= 11 is 6.18. The first kappa shape index (κ1) is 14.7. The quantitative estimate of drug-likeness (QED) is 0.840. The molecule has 0 amide bonds. The molecule has 4 nitrogen and oxygen atoms in total. The molecule has 2 N–H and O–H groups in total. The largest absolute Gasteiger partial charge is 0.507 e. The number of rotatable bonds is 1. The first-order valence-electron chi connectivity index (χ1n) is 6.84. The lowest BCUT2D eigenvalue weighted by Crippen LogP contribution is -2.20. The molecule has 0 bridgehead atoms. The molecule has 2 aromatic carbocycles. The van der Waals surface area contributed by atoms with E-state index in [2.05, 4.69) is 0 Å². The second-order valence-corrected chi connectivity index (χ2v) is 5.85. The van der Waals surface area contributed by atoms with Gasteiger partial charge in [-0.2, -0.15) is 0 Å². The van der Waals surface area contributed by atoms with Gasteiger partial charge in [-0.3, -0.25) is 4.79 Å². The normalized spacial score (nSPS) is 16.2. The zero-order valence-electron chi connectivity index (χ0n) is 12.4. The number of carbonyl (C=O) groups is 1. The summed E-state index contributed by atoms with van der Waals surface area (Å²) in [5, 5.41) is 20.0. The van der Waals surface area contributed by atoms with Crippen LogP contribution in [0, 0.1) is 6.92 Å². The van der Waals surface area contributed by atoms with Crippen molar-refractivity contribution >= 4 is 17.4 Å². The van der Waals surface area contributed by atoms with Gasteiger partial charge < -0.3 is 14.9 Å². The fraction of sp³-hybridized carbons (Fsp3) is 0.235. The van der Waals surface area contributed by atoms with Crippen molar-refractivity contribution in [2.24, 2.45) is 0 Å². The minimum atomic E-state index is -0.289. The van der Waals surface area contributed by atoms with Gasteiger partial charge in [0.25, 0.3) is 0 Å². The number of ether oxygens (including phenoxy) is 1. The number of hydrogen-bond acceptors (Lipinski definition) is 4. The Hall–Kier alpha value is -2.20. The summed E-state index contributed by atoms with van der Waals surface area (Å²) < 4.78 is 5.27. The van der Waals surface area contributed by atoms with Crippen LogP contribution in [0.25, 0.3) is 0 Å². The molecular weight excluding hydrogens is 304 g/mol. The second-order valence-electron chi connectivity index (χ2n) is 5.48. The summed E-state index contributed by atoms with van der Waals surface area (Å²) in [6, 6.07) is 4.69. The SMILES string of the molecule is COc1cc(C)c2c(c1)[C@@H](C)c1c(Cl)c(O)cc(O)c1C2=O. The summed E-state index contributed by atoms with van der Waals surface area (Å²) in [5.41, 5.74) is 2.72. The van der Waals surface area contributed by atoms with Gasteiger partial charge in [0.05, 0.1) is 17.7 Å². The van der Waals surface area contributed by atoms with Crippen molar-refractivity contribution in [1.82, 2.24) is 0 Å². The minimum Gasteiger partial charge on any atom is -0.507 e. The molecular formula is C17H15ClO4. The Morgan fingerprint density at radius 1 is 1.14 bits per heavy atom. The van der Waals surface area contributed by atoms with Crippen LogP contribution in [0.2, 0.25) is 5.02 Å². The Bertz CT molecular complexity index is 811. The molecule has 0 aromatic heterocycles. The van der Waals surface area contributed by atoms with Gasteiger partial charge in [0, 0.05) is 17.5 Å². The van der Waals surface area contributed by atoms with Gasteiger partial charge in [0.2, 0.25) is 0 Å². The van der Waals surface area contributed by atoms with Crippen LogP contribution in [-0.2, 0) is 0 Å². The van der Waals surface area contributed by atoms with Gasteiger partial charge in [-0.05, 0) is 35.7 Å². The molecule has 0 heterocycles. The van der Waals surface area contributed by atoms with E-state index >= 15 is 0 Å². The number of aryl methyl sites for hydroxylation is 1. The van der Waals surface area contributed by atoms with E-state index < -0.39 is 0 Å². The van der Waals surface area contributed by atoms with Crippen molar-refractivity contribution in [2.45, 2.75) is 19.8 Å². The molecule has 0 aliphatic heterocycles. The summed E-state index contributed by atoms with van der Waals surface area (Å²) in [6.07, 6.45) is 0. The van der Waals surface area contributed by atoms with Gasteiger partial charge in [0.1, 0.15) is 17.2 Å². The Balaban J connectivity index is 2.37. The number of ketones is 1. The first-order valence-corrected chi connectivity index (χ1v) is 7.22. The van der Waals surface area contributed by atoms with Gasteiger partial charge in [0.15, 0.2) is 5.78 Å². The molecule has 0 spiro atoms. The average molecular weight is 319 g/mol. The Labute approximate surface area is 132 Å². The molecule has 3 rings (SSSR count). The van der Waals surface area contributed by atoms with Crippen LogP contribution in [0.15, 0.2) is 18.2 Å². The van der Waals surface area contributed by atoms with Crippen LogP contribution < -0.4 is 4.74 Å². The number of aromatic hydroxyl groups is 2. The van der Waals surface area contributed by atoms with E-state index in [9.17, 15) is 15.0 Å². The van der Waals surface area contributed by atoms with Crippen LogP contribution in [0.3, 0.4) is 0 Å². The van der Waals surface area contributed by atoms with Crippen molar-refractivity contribution in [1.29, 1.82) is 0 Å². The van der Waals surface area contributed by atoms with Crippen molar-refractivity contribution in [2.75, 3.05) is 7.11 Å². The maximum absolute atomic E-state index is 12.8. The van der Waals surface area contributed by atoms with Crippen molar-refractivity contribution in [3.63, 3.8) is 0 Å². The van der Waals surface area contributed by atoms with E-state index in [0.717, 1.165) is 17.2 Å². The van der Waals surface area contributed by atoms with E-state index in [1.807, 2.05) is 13.8 Å². The molecule has 1 aliphatic rings. The maximum Gasteiger partial charge on any atom is 0.197 e. The van der Waals surface area contributed by atoms with Crippen LogP contribution in [0.1, 0.15) is 45.5 Å². The molecule has 5 heteroatoms. The average Bonchev–Trinajstić information content (AvgIpc) is 2.47. The maximum atomic E-state index is 12.8. The van der Waals surface area contributed by atoms with Crippen molar-refractivity contribution in [3.05, 3.63) is 51.0 Å². The van der Waals surface area contributed by atoms with E-state index in [1.165, 1.54) is 0 Å². The van der Waals surface area contributed by atoms with E-state index in [1.54, 1.807) is 19.2 Å². The highest BCUT2D eigenvalue weighted by Crippen LogP contribution is 2.48. The number of benzene rings is 2. The summed E-state index contributed by atoms with van der Waals surface area (Å²) in [5.74, 6) is -0.375. The Morgan fingerprint density at radius 3 is 2.45 bits per heavy atom. The van der Waals surface area contributed by atoms with Gasteiger partial charge in [-0.15, -0.1) is 0 Å². The van der Waals surface area contributed by atoms with Gasteiger partial charge >= 0.3 is 0 Å². The summed E-state index contributed by atoms with van der Waals surface area (Å²) in [7, 11) is 1.56. The number of halogens is 1. The van der Waals surface area contributed by atoms with Gasteiger partial charge in [-0.1, -0.05) is 18.5 Å². The lowest BCUT2D eigenvalue weighted by Gasteiger charge is -2.28. The van der Waals surface area contributed by atoms with Crippen molar-refractivity contribution < 1.29 is 19.7 Å². The molecule has 22 heavy (non-hydrogen) atoms. The van der Waals surface area contributed by atoms with E-state index in [4.69, 9.17) is 16.3 Å². The van der Waals surface area contributed by atoms with Crippen LogP contribution in [-0.4, -0.2) is 23.1 Å². The molecule has 114 valence electrons. The highest BCUT2D eigenvalue weighted by atomic mass is 35.5. The summed E-state index contributed by atoms with van der Waals surface area (Å²) in [6.45, 7) is 3.71. The number of methoxy groups -OCH3 is 1. The number of carbonyl (C=O) groups excluding carboxylic acids is 1. The molecule has 0 fully saturated rings. The molecule has 1 aliphatic carbocycles. The van der Waals surface area contributed by atoms with E-state index in [-0.39, 0.29) is 33.8 Å². The topological polar surface area (TPSA) is 66.8 Å². The molecule has 0 unspecified atom stereocenters. The van der Waals surface area contributed by atoms with Crippen LogP contribution in [0.5, 0.6) is 17.2 Å². The fourth-order valence-electron chi connectivity index (χ4n) is 3.13. The minimum absolute atomic E-state index is 0.0970. The van der Waals surface area contributed by atoms with Crippen LogP contribution >= 0.6 is 11.6 Å². The number of phenolic OH excluding ortho intramolecular Hbond substituents is 2. The Kier molecular flexibility index (Phi) is 3.29. The summed E-state index contributed by atoms with van der Waals surface area (Å²) in [4.78, 5) is 12.8.